The Morgan fingerprint density at radius 1 is 1.00 bits per heavy atom. The molecule has 1 aliphatic carbocycles. The third kappa shape index (κ3) is 3.01. The van der Waals surface area contributed by atoms with Crippen LogP contribution >= 0.6 is 0 Å². The zero-order chi connectivity index (χ0) is 19.0. The number of nitrogens with one attached hydrogen (secondary N) is 2. The fourth-order valence-corrected chi connectivity index (χ4v) is 3.91. The first kappa shape index (κ1) is 16.9. The second-order valence-electron chi connectivity index (χ2n) is 7.47. The summed E-state index contributed by atoms with van der Waals surface area (Å²) in [4.78, 5) is 0. The number of aromatic nitrogens is 4. The van der Waals surface area contributed by atoms with E-state index >= 15 is 0 Å². The number of halogens is 1. The quantitative estimate of drug-likeness (QED) is 0.532. The molecule has 6 heteroatoms. The molecule has 1 aliphatic rings. The molecule has 2 heterocycles. The van der Waals surface area contributed by atoms with Crippen LogP contribution in [0.1, 0.15) is 24.8 Å². The average molecular weight is 373 g/mol. The molecule has 2 N–H and O–H groups in total. The molecule has 4 aromatic rings. The van der Waals surface area contributed by atoms with Crippen molar-refractivity contribution in [1.29, 1.82) is 0 Å². The van der Waals surface area contributed by atoms with Crippen molar-refractivity contribution in [3.8, 4) is 11.3 Å². The van der Waals surface area contributed by atoms with Crippen molar-refractivity contribution in [3.05, 3.63) is 72.2 Å². The van der Waals surface area contributed by atoms with Gasteiger partial charge in [0.15, 0.2) is 0 Å². The van der Waals surface area contributed by atoms with Crippen LogP contribution in [0.4, 0.5) is 10.2 Å². The van der Waals surface area contributed by atoms with Gasteiger partial charge < -0.3 is 5.32 Å². The average Bonchev–Trinajstić information content (AvgIpc) is 3.17. The molecule has 1 saturated carbocycles. The van der Waals surface area contributed by atoms with E-state index < -0.39 is 0 Å². The van der Waals surface area contributed by atoms with Gasteiger partial charge in [-0.25, -0.2) is 4.39 Å². The molecule has 2 aromatic heterocycles. The van der Waals surface area contributed by atoms with E-state index in [0.29, 0.717) is 0 Å². The normalized spacial score (nSPS) is 15.3. The van der Waals surface area contributed by atoms with Crippen LogP contribution in [0.25, 0.3) is 22.2 Å². The highest BCUT2D eigenvalue weighted by Gasteiger charge is 2.38. The Kier molecular flexibility index (Phi) is 4.04. The second kappa shape index (κ2) is 6.71. The van der Waals surface area contributed by atoms with Crippen LogP contribution in [0.15, 0.2) is 60.8 Å². The number of anilines is 1. The van der Waals surface area contributed by atoms with Crippen LogP contribution in [-0.2, 0) is 5.41 Å². The van der Waals surface area contributed by atoms with E-state index in [1.807, 2.05) is 42.5 Å². The van der Waals surface area contributed by atoms with Crippen molar-refractivity contribution in [2.24, 2.45) is 0 Å². The summed E-state index contributed by atoms with van der Waals surface area (Å²) in [5.74, 6) is 0.556. The van der Waals surface area contributed by atoms with Crippen molar-refractivity contribution in [3.63, 3.8) is 0 Å². The summed E-state index contributed by atoms with van der Waals surface area (Å²) >= 11 is 0. The molecule has 0 radical (unpaired) electrons. The molecule has 0 spiro atoms. The zero-order valence-electron chi connectivity index (χ0n) is 15.3. The lowest BCUT2D eigenvalue weighted by atomic mass is 9.64. The Labute approximate surface area is 162 Å². The van der Waals surface area contributed by atoms with Crippen molar-refractivity contribution in [2.75, 3.05) is 11.9 Å². The van der Waals surface area contributed by atoms with E-state index in [-0.39, 0.29) is 11.2 Å². The van der Waals surface area contributed by atoms with E-state index in [4.69, 9.17) is 0 Å². The molecule has 1 fully saturated rings. The number of H-pyrrole nitrogens is 1. The van der Waals surface area contributed by atoms with Crippen molar-refractivity contribution < 1.29 is 4.39 Å². The standard InChI is InChI=1S/C22H20FN5/c23-18-6-4-17(5-7-18)22(10-1-11-22)14-24-21-9-8-19(27-28-21)15-2-3-16-13-25-26-20(16)12-15/h2-9,12-13H,1,10-11,14H2,(H,24,28)(H,25,26). The molecular weight excluding hydrogens is 353 g/mol. The van der Waals surface area contributed by atoms with Crippen LogP contribution < -0.4 is 5.32 Å². The maximum absolute atomic E-state index is 13.3. The van der Waals surface area contributed by atoms with Crippen molar-refractivity contribution >= 4 is 16.7 Å². The van der Waals surface area contributed by atoms with Gasteiger partial charge in [-0.05, 0) is 48.7 Å². The molecule has 0 bridgehead atoms. The first-order valence-electron chi connectivity index (χ1n) is 9.49. The zero-order valence-corrected chi connectivity index (χ0v) is 15.3. The van der Waals surface area contributed by atoms with E-state index in [0.717, 1.165) is 47.4 Å². The summed E-state index contributed by atoms with van der Waals surface area (Å²) in [5, 5.41) is 20.2. The third-order valence-electron chi connectivity index (χ3n) is 5.78. The Morgan fingerprint density at radius 3 is 2.57 bits per heavy atom. The fourth-order valence-electron chi connectivity index (χ4n) is 3.91. The van der Waals surface area contributed by atoms with Crippen LogP contribution in [0, 0.1) is 5.82 Å². The maximum Gasteiger partial charge on any atom is 0.148 e. The van der Waals surface area contributed by atoms with Gasteiger partial charge in [-0.1, -0.05) is 30.7 Å². The van der Waals surface area contributed by atoms with E-state index in [9.17, 15) is 4.39 Å². The van der Waals surface area contributed by atoms with Gasteiger partial charge in [-0.2, -0.15) is 5.10 Å². The SMILES string of the molecule is Fc1ccc(C2(CNc3ccc(-c4ccc5cn[nH]c5c4)nn3)CCC2)cc1. The highest BCUT2D eigenvalue weighted by molar-refractivity contribution is 5.83. The van der Waals surface area contributed by atoms with Crippen molar-refractivity contribution in [1.82, 2.24) is 20.4 Å². The van der Waals surface area contributed by atoms with E-state index in [1.165, 1.54) is 12.0 Å². The predicted octanol–water partition coefficient (Wildman–Crippen LogP) is 4.69. The molecule has 2 aromatic carbocycles. The molecular formula is C22H20FN5. The topological polar surface area (TPSA) is 66.5 Å². The molecule has 28 heavy (non-hydrogen) atoms. The minimum absolute atomic E-state index is 0.0553. The van der Waals surface area contributed by atoms with E-state index in [2.05, 4.69) is 25.7 Å². The summed E-state index contributed by atoms with van der Waals surface area (Å²) in [6.07, 6.45) is 5.19. The number of fused-ring (bicyclic) bond motifs is 1. The lowest BCUT2D eigenvalue weighted by Crippen LogP contribution is -2.41. The molecule has 0 aliphatic heterocycles. The second-order valence-corrected chi connectivity index (χ2v) is 7.47. The predicted molar refractivity (Wildman–Crippen MR) is 108 cm³/mol. The van der Waals surface area contributed by atoms with Gasteiger partial charge in [0.25, 0.3) is 0 Å². The molecule has 140 valence electrons. The van der Waals surface area contributed by atoms with Crippen molar-refractivity contribution in [2.45, 2.75) is 24.7 Å². The van der Waals surface area contributed by atoms with Crippen LogP contribution in [-0.4, -0.2) is 26.9 Å². The van der Waals surface area contributed by atoms with Crippen LogP contribution in [0.2, 0.25) is 0 Å². The van der Waals surface area contributed by atoms with Gasteiger partial charge in [0.1, 0.15) is 11.6 Å². The lowest BCUT2D eigenvalue weighted by molar-refractivity contribution is 0.260. The largest absolute Gasteiger partial charge is 0.368 e. The van der Waals surface area contributed by atoms with Crippen LogP contribution in [0.5, 0.6) is 0 Å². The van der Waals surface area contributed by atoms with Gasteiger partial charge in [0, 0.05) is 22.9 Å². The van der Waals surface area contributed by atoms with Gasteiger partial charge in [-0.15, -0.1) is 10.2 Å². The molecule has 0 atom stereocenters. The monoisotopic (exact) mass is 373 g/mol. The Morgan fingerprint density at radius 2 is 1.86 bits per heavy atom. The minimum Gasteiger partial charge on any atom is -0.368 e. The van der Waals surface area contributed by atoms with Gasteiger partial charge in [0.2, 0.25) is 0 Å². The maximum atomic E-state index is 13.3. The van der Waals surface area contributed by atoms with E-state index in [1.54, 1.807) is 18.3 Å². The number of rotatable bonds is 5. The summed E-state index contributed by atoms with van der Waals surface area (Å²) in [7, 11) is 0. The van der Waals surface area contributed by atoms with Gasteiger partial charge in [0.05, 0.1) is 17.4 Å². The fraction of sp³-hybridized carbons (Fsp3) is 0.227. The number of benzene rings is 2. The van der Waals surface area contributed by atoms with Crippen LogP contribution in [0.3, 0.4) is 0 Å². The molecule has 0 amide bonds. The third-order valence-corrected chi connectivity index (χ3v) is 5.78. The number of aromatic amines is 1. The summed E-state index contributed by atoms with van der Waals surface area (Å²) < 4.78 is 13.3. The van der Waals surface area contributed by atoms with Gasteiger partial charge in [-0.3, -0.25) is 5.10 Å². The Balaban J connectivity index is 1.31. The number of nitrogens with zero attached hydrogens (tertiary/aromatic N) is 3. The Bertz CT molecular complexity index is 1100. The lowest BCUT2D eigenvalue weighted by Gasteiger charge is -2.42. The number of hydrogen-bond acceptors (Lipinski definition) is 4. The highest BCUT2D eigenvalue weighted by atomic mass is 19.1. The first-order valence-corrected chi connectivity index (χ1v) is 9.49. The molecule has 0 saturated heterocycles. The highest BCUT2D eigenvalue weighted by Crippen LogP contribution is 2.43. The number of hydrogen-bond donors (Lipinski definition) is 2. The smallest absolute Gasteiger partial charge is 0.148 e. The molecule has 5 nitrogen and oxygen atoms in total. The minimum atomic E-state index is -0.194. The first-order chi connectivity index (χ1) is 13.7. The van der Waals surface area contributed by atoms with Gasteiger partial charge >= 0.3 is 0 Å². The summed E-state index contributed by atoms with van der Waals surface area (Å²) in [5.41, 5.74) is 4.04. The molecule has 0 unspecified atom stereocenters. The molecule has 5 rings (SSSR count). The summed E-state index contributed by atoms with van der Waals surface area (Å²) in [6.45, 7) is 0.771. The summed E-state index contributed by atoms with van der Waals surface area (Å²) in [6, 6.07) is 16.9. The Hall–Kier alpha value is -3.28.